The zero-order valence-corrected chi connectivity index (χ0v) is 14.8. The van der Waals surface area contributed by atoms with Crippen molar-refractivity contribution in [2.45, 2.75) is 39.5 Å². The summed E-state index contributed by atoms with van der Waals surface area (Å²) in [5.74, 6) is 0.623. The van der Waals surface area contributed by atoms with Crippen molar-refractivity contribution in [2.24, 2.45) is 10.7 Å². The number of ether oxygens (including phenoxy) is 1. The molecular formula is C20H27N3O. The first kappa shape index (κ1) is 17.9. The first-order chi connectivity index (χ1) is 11.6. The molecule has 0 bridgehead atoms. The van der Waals surface area contributed by atoms with Crippen LogP contribution in [0.1, 0.15) is 45.2 Å². The minimum Gasteiger partial charge on any atom is -0.495 e. The maximum atomic E-state index is 6.18. The molecule has 1 aliphatic rings. The summed E-state index contributed by atoms with van der Waals surface area (Å²) in [4.78, 5) is 7.71. The number of allylic oxidation sites excluding steroid dienone is 4. The molecule has 0 aromatic carbocycles. The quantitative estimate of drug-likeness (QED) is 0.413. The number of H-pyrrole nitrogens is 1. The molecule has 0 fully saturated rings. The van der Waals surface area contributed by atoms with E-state index in [1.807, 2.05) is 36.6 Å². The molecule has 4 heteroatoms. The fraction of sp³-hybridized carbons (Fsp3) is 0.350. The lowest BCUT2D eigenvalue weighted by molar-refractivity contribution is 0.303. The van der Waals surface area contributed by atoms with Crippen LogP contribution in [0.2, 0.25) is 0 Å². The lowest BCUT2D eigenvalue weighted by Crippen LogP contribution is -2.00. The Balaban J connectivity index is 2.12. The Bertz CT molecular complexity index is 688. The minimum absolute atomic E-state index is 0.568. The van der Waals surface area contributed by atoms with Crippen LogP contribution in [0, 0.1) is 0 Å². The summed E-state index contributed by atoms with van der Waals surface area (Å²) in [6, 6.07) is 3.93. The Morgan fingerprint density at radius 3 is 2.88 bits per heavy atom. The zero-order valence-electron chi connectivity index (χ0n) is 14.8. The van der Waals surface area contributed by atoms with E-state index in [9.17, 15) is 0 Å². The van der Waals surface area contributed by atoms with Gasteiger partial charge in [-0.05, 0) is 61.8 Å². The molecule has 0 radical (unpaired) electrons. The van der Waals surface area contributed by atoms with Gasteiger partial charge in [-0.15, -0.1) is 0 Å². The second-order valence-electron chi connectivity index (χ2n) is 5.88. The second kappa shape index (κ2) is 8.96. The molecular weight excluding hydrogens is 298 g/mol. The molecule has 0 amide bonds. The van der Waals surface area contributed by atoms with Crippen LogP contribution in [0.4, 0.5) is 0 Å². The van der Waals surface area contributed by atoms with Crippen LogP contribution in [-0.2, 0) is 4.74 Å². The molecule has 1 aromatic heterocycles. The van der Waals surface area contributed by atoms with Gasteiger partial charge in [0.1, 0.15) is 5.76 Å². The van der Waals surface area contributed by atoms with Gasteiger partial charge in [-0.2, -0.15) is 0 Å². The summed E-state index contributed by atoms with van der Waals surface area (Å²) in [5.41, 5.74) is 11.0. The summed E-state index contributed by atoms with van der Waals surface area (Å²) >= 11 is 0. The topological polar surface area (TPSA) is 63.4 Å². The molecule has 0 saturated heterocycles. The summed E-state index contributed by atoms with van der Waals surface area (Å²) in [5, 5.41) is 0. The Kier molecular flexibility index (Phi) is 6.67. The number of rotatable bonds is 8. The van der Waals surface area contributed by atoms with E-state index in [4.69, 9.17) is 10.5 Å². The maximum Gasteiger partial charge on any atom is 0.141 e. The molecule has 1 aromatic rings. The first-order valence-corrected chi connectivity index (χ1v) is 8.47. The minimum atomic E-state index is 0.568. The predicted octanol–water partition coefficient (Wildman–Crippen LogP) is 4.71. The summed E-state index contributed by atoms with van der Waals surface area (Å²) in [6.45, 7) is 4.27. The molecule has 3 N–H and O–H groups in total. The number of methoxy groups -OCH3 is 1. The van der Waals surface area contributed by atoms with Crippen molar-refractivity contribution in [1.82, 2.24) is 4.98 Å². The maximum absolute atomic E-state index is 6.18. The summed E-state index contributed by atoms with van der Waals surface area (Å²) in [6.07, 6.45) is 14.4. The number of nitrogens with one attached hydrogen (secondary N) is 1. The highest BCUT2D eigenvalue weighted by molar-refractivity contribution is 6.01. The van der Waals surface area contributed by atoms with Crippen molar-refractivity contribution < 1.29 is 4.74 Å². The lowest BCUT2D eigenvalue weighted by Gasteiger charge is -2.03. The smallest absolute Gasteiger partial charge is 0.141 e. The van der Waals surface area contributed by atoms with E-state index in [1.165, 1.54) is 24.8 Å². The number of nitrogens with zero attached hydrogens (tertiary/aromatic N) is 1. The van der Waals surface area contributed by atoms with E-state index in [0.29, 0.717) is 11.5 Å². The van der Waals surface area contributed by atoms with Crippen molar-refractivity contribution in [2.75, 3.05) is 7.11 Å². The van der Waals surface area contributed by atoms with E-state index in [1.54, 1.807) is 7.11 Å². The van der Waals surface area contributed by atoms with Crippen LogP contribution in [-0.4, -0.2) is 17.8 Å². The zero-order chi connectivity index (χ0) is 17.4. The van der Waals surface area contributed by atoms with Crippen molar-refractivity contribution >= 4 is 11.8 Å². The van der Waals surface area contributed by atoms with Gasteiger partial charge in [0, 0.05) is 17.6 Å². The average Bonchev–Trinajstić information content (AvgIpc) is 3.18. The molecule has 0 atom stereocenters. The largest absolute Gasteiger partial charge is 0.495 e. The number of aromatic amines is 1. The molecule has 24 heavy (non-hydrogen) atoms. The van der Waals surface area contributed by atoms with Gasteiger partial charge in [0.05, 0.1) is 18.5 Å². The van der Waals surface area contributed by atoms with Crippen LogP contribution in [0.25, 0.3) is 6.08 Å². The molecule has 0 aliphatic carbocycles. The molecule has 0 saturated carbocycles. The number of nitrogens with two attached hydrogens (primary N) is 1. The van der Waals surface area contributed by atoms with Crippen LogP contribution >= 0.6 is 0 Å². The molecule has 4 nitrogen and oxygen atoms in total. The third-order valence-electron chi connectivity index (χ3n) is 3.98. The van der Waals surface area contributed by atoms with E-state index >= 15 is 0 Å². The summed E-state index contributed by atoms with van der Waals surface area (Å²) < 4.78 is 5.39. The number of hydrogen-bond acceptors (Lipinski definition) is 3. The van der Waals surface area contributed by atoms with Gasteiger partial charge >= 0.3 is 0 Å². The molecule has 0 spiro atoms. The van der Waals surface area contributed by atoms with Gasteiger partial charge in [-0.25, -0.2) is 0 Å². The Morgan fingerprint density at radius 1 is 1.38 bits per heavy atom. The van der Waals surface area contributed by atoms with Crippen molar-refractivity contribution in [3.05, 3.63) is 65.0 Å². The lowest BCUT2D eigenvalue weighted by atomic mass is 10.0. The molecule has 2 heterocycles. The van der Waals surface area contributed by atoms with Crippen LogP contribution in [0.15, 0.2) is 64.3 Å². The van der Waals surface area contributed by atoms with E-state index in [-0.39, 0.29) is 0 Å². The highest BCUT2D eigenvalue weighted by Crippen LogP contribution is 2.22. The van der Waals surface area contributed by atoms with Crippen molar-refractivity contribution in [3.63, 3.8) is 0 Å². The van der Waals surface area contributed by atoms with E-state index < -0.39 is 0 Å². The fourth-order valence-electron chi connectivity index (χ4n) is 2.60. The van der Waals surface area contributed by atoms with Gasteiger partial charge in [-0.3, -0.25) is 4.99 Å². The van der Waals surface area contributed by atoms with Gasteiger partial charge in [0.2, 0.25) is 0 Å². The first-order valence-electron chi connectivity index (χ1n) is 8.47. The van der Waals surface area contributed by atoms with Gasteiger partial charge < -0.3 is 15.5 Å². The molecule has 0 unspecified atom stereocenters. The van der Waals surface area contributed by atoms with Crippen LogP contribution < -0.4 is 5.73 Å². The fourth-order valence-corrected chi connectivity index (χ4v) is 2.60. The van der Waals surface area contributed by atoms with Crippen LogP contribution in [0.5, 0.6) is 0 Å². The Morgan fingerprint density at radius 2 is 2.21 bits per heavy atom. The monoisotopic (exact) mass is 325 g/mol. The molecule has 128 valence electrons. The van der Waals surface area contributed by atoms with E-state index in [2.05, 4.69) is 29.9 Å². The van der Waals surface area contributed by atoms with Gasteiger partial charge in [-0.1, -0.05) is 19.8 Å². The Hall–Kier alpha value is -2.49. The van der Waals surface area contributed by atoms with Crippen molar-refractivity contribution in [1.29, 1.82) is 0 Å². The average molecular weight is 325 g/mol. The van der Waals surface area contributed by atoms with E-state index in [0.717, 1.165) is 23.5 Å². The third kappa shape index (κ3) is 5.01. The second-order valence-corrected chi connectivity index (χ2v) is 5.88. The number of hydrogen-bond donors (Lipinski definition) is 2. The number of aromatic nitrogens is 1. The standard InChI is InChI=1S/C20H27N3O/c1-4-5-6-8-16-13-18(23-15(16)2)14-19(21)20(24-3)11-10-17-9-7-12-22-17/h7,9-14,22H,4-6,8,21H2,1-3H3/b11-10+,18-14+,20-19+. The van der Waals surface area contributed by atoms with Gasteiger partial charge in [0.15, 0.2) is 0 Å². The number of aliphatic imine (C=N–C) groups is 1. The summed E-state index contributed by atoms with van der Waals surface area (Å²) in [7, 11) is 1.62. The highest BCUT2D eigenvalue weighted by Gasteiger charge is 2.11. The SMILES string of the molecule is CCCCCC1=C\C(=C/C(N)=C(/C=C/c2ccc[nH]2)OC)N=C1C. The predicted molar refractivity (Wildman–Crippen MR) is 101 cm³/mol. The van der Waals surface area contributed by atoms with Crippen LogP contribution in [0.3, 0.4) is 0 Å². The Labute approximate surface area is 144 Å². The molecule has 2 rings (SSSR count). The normalized spacial score (nSPS) is 17.2. The highest BCUT2D eigenvalue weighted by atomic mass is 16.5. The van der Waals surface area contributed by atoms with Crippen molar-refractivity contribution in [3.8, 4) is 0 Å². The number of unbranched alkanes of at least 4 members (excludes halogenated alkanes) is 2. The third-order valence-corrected chi connectivity index (χ3v) is 3.98. The molecule has 1 aliphatic heterocycles. The van der Waals surface area contributed by atoms with Gasteiger partial charge in [0.25, 0.3) is 0 Å².